The summed E-state index contributed by atoms with van der Waals surface area (Å²) in [7, 11) is 7.40. The molecule has 0 saturated heterocycles. The molecule has 1 atom stereocenters. The van der Waals surface area contributed by atoms with Crippen molar-refractivity contribution >= 4 is 25.8 Å². The molecule has 0 aliphatic carbocycles. The number of rotatable bonds is 4. The van der Waals surface area contributed by atoms with Gasteiger partial charge in [0.2, 0.25) is 4.80 Å². The van der Waals surface area contributed by atoms with Gasteiger partial charge in [-0.05, 0) is 43.8 Å². The van der Waals surface area contributed by atoms with Gasteiger partial charge in [0.25, 0.3) is 0 Å². The second-order valence-electron chi connectivity index (χ2n) is 7.91. The van der Waals surface area contributed by atoms with Gasteiger partial charge in [-0.15, -0.1) is 0 Å². The molecule has 1 aromatic rings. The number of aromatic nitrogens is 1. The normalized spacial score (nSPS) is 15.5. The molecule has 0 saturated carbocycles. The average molecular weight is 316 g/mol. The van der Waals surface area contributed by atoms with Crippen molar-refractivity contribution in [1.29, 1.82) is 0 Å². The first-order valence-corrected chi connectivity index (χ1v) is 9.29. The summed E-state index contributed by atoms with van der Waals surface area (Å²) in [6.45, 7) is 14.7. The first-order chi connectivity index (χ1) is 8.99. The first-order valence-electron chi connectivity index (χ1n) is 7.14. The van der Waals surface area contributed by atoms with Crippen molar-refractivity contribution in [3.63, 3.8) is 0 Å². The lowest BCUT2D eigenvalue weighted by Gasteiger charge is -2.34. The number of anilines is 1. The lowest BCUT2D eigenvalue weighted by molar-refractivity contribution is 0.171. The van der Waals surface area contributed by atoms with Crippen LogP contribution >= 0.6 is 20.7 Å². The molecule has 0 radical (unpaired) electrons. The number of hydrogen-bond acceptors (Lipinski definition) is 5. The molecule has 0 N–H and O–H groups in total. The van der Waals surface area contributed by atoms with Crippen LogP contribution in [0.1, 0.15) is 48.0 Å². The lowest BCUT2D eigenvalue weighted by Crippen LogP contribution is -2.28. The van der Waals surface area contributed by atoms with Gasteiger partial charge in [-0.3, -0.25) is 4.99 Å². The van der Waals surface area contributed by atoms with Crippen molar-refractivity contribution in [3.8, 4) is 0 Å². The van der Waals surface area contributed by atoms with Crippen LogP contribution in [0.25, 0.3) is 0 Å². The minimum atomic E-state index is 0.280. The molecular formula is C15H29N3S2. The van der Waals surface area contributed by atoms with Crippen LogP contribution in [0.3, 0.4) is 0 Å². The fourth-order valence-electron chi connectivity index (χ4n) is 2.00. The maximum absolute atomic E-state index is 4.75. The zero-order chi connectivity index (χ0) is 15.6. The zero-order valence-electron chi connectivity index (χ0n) is 14.1. The summed E-state index contributed by atoms with van der Waals surface area (Å²) < 4.78 is 0. The van der Waals surface area contributed by atoms with Crippen molar-refractivity contribution in [2.45, 2.75) is 48.0 Å². The van der Waals surface area contributed by atoms with Crippen molar-refractivity contribution in [3.05, 3.63) is 4.80 Å². The summed E-state index contributed by atoms with van der Waals surface area (Å²) in [6.07, 6.45) is 1.19. The van der Waals surface area contributed by atoms with Gasteiger partial charge in [-0.25, -0.2) is 0 Å². The molecule has 3 nitrogen and oxygen atoms in total. The monoisotopic (exact) mass is 315 g/mol. The molecule has 0 fully saturated rings. The Morgan fingerprint density at radius 3 is 2.10 bits per heavy atom. The summed E-state index contributed by atoms with van der Waals surface area (Å²) in [5.41, 5.74) is 0.621. The van der Waals surface area contributed by atoms with Crippen LogP contribution < -0.4 is 9.70 Å². The molecule has 0 amide bonds. The van der Waals surface area contributed by atoms with Crippen LogP contribution in [0.4, 0.5) is 5.13 Å². The highest BCUT2D eigenvalue weighted by Gasteiger charge is 2.28. The Morgan fingerprint density at radius 2 is 1.70 bits per heavy atom. The van der Waals surface area contributed by atoms with E-state index < -0.39 is 0 Å². The van der Waals surface area contributed by atoms with E-state index in [0.717, 1.165) is 16.5 Å². The van der Waals surface area contributed by atoms with Gasteiger partial charge >= 0.3 is 0 Å². The molecule has 1 rings (SSSR count). The van der Waals surface area contributed by atoms with Gasteiger partial charge in [-0.1, -0.05) is 41.5 Å². The topological polar surface area (TPSA) is 28.5 Å². The minimum Gasteiger partial charge on any atom is -0.353 e. The Labute approximate surface area is 131 Å². The third kappa shape index (κ3) is 5.92. The molecular weight excluding hydrogens is 286 g/mol. The van der Waals surface area contributed by atoms with E-state index in [9.17, 15) is 0 Å². The Kier molecular flexibility index (Phi) is 5.79. The van der Waals surface area contributed by atoms with Crippen LogP contribution in [0, 0.1) is 16.7 Å². The fourth-order valence-corrected chi connectivity index (χ4v) is 4.01. The van der Waals surface area contributed by atoms with Gasteiger partial charge in [0.15, 0.2) is 5.13 Å². The molecule has 0 aromatic carbocycles. The summed E-state index contributed by atoms with van der Waals surface area (Å²) >= 11 is 0. The van der Waals surface area contributed by atoms with Gasteiger partial charge in [0.05, 0.1) is 0 Å². The van der Waals surface area contributed by atoms with Crippen molar-refractivity contribution in [1.82, 2.24) is 4.98 Å². The molecule has 0 bridgehead atoms. The number of hydrogen-bond donors (Lipinski definition) is 0. The van der Waals surface area contributed by atoms with Crippen LogP contribution in [0.15, 0.2) is 4.99 Å². The van der Waals surface area contributed by atoms with Gasteiger partial charge < -0.3 is 4.90 Å². The Bertz CT molecular complexity index is 472. The smallest absolute Gasteiger partial charge is 0.217 e. The van der Waals surface area contributed by atoms with Crippen molar-refractivity contribution in [2.24, 2.45) is 21.7 Å². The molecule has 1 unspecified atom stereocenters. The van der Waals surface area contributed by atoms with E-state index in [1.54, 1.807) is 20.7 Å². The Hall–Kier alpha value is -0.420. The largest absolute Gasteiger partial charge is 0.353 e. The highest BCUT2D eigenvalue weighted by Crippen LogP contribution is 2.36. The quantitative estimate of drug-likeness (QED) is 0.776. The van der Waals surface area contributed by atoms with Crippen LogP contribution in [0.5, 0.6) is 0 Å². The minimum absolute atomic E-state index is 0.280. The van der Waals surface area contributed by atoms with E-state index in [2.05, 4.69) is 46.5 Å². The van der Waals surface area contributed by atoms with Crippen LogP contribution in [-0.2, 0) is 0 Å². The Morgan fingerprint density at radius 1 is 1.10 bits per heavy atom. The van der Waals surface area contributed by atoms with Gasteiger partial charge in [0.1, 0.15) is 0 Å². The summed E-state index contributed by atoms with van der Waals surface area (Å²) in [6, 6.07) is 0. The van der Waals surface area contributed by atoms with Crippen LogP contribution in [0.2, 0.25) is 0 Å². The predicted molar refractivity (Wildman–Crippen MR) is 91.8 cm³/mol. The van der Waals surface area contributed by atoms with E-state index in [0.29, 0.717) is 11.3 Å². The van der Waals surface area contributed by atoms with Crippen molar-refractivity contribution < 1.29 is 0 Å². The zero-order valence-corrected chi connectivity index (χ0v) is 15.8. The SMILES string of the molecule is CN(C)c1nc(=NCC(CC(C)(C)C)C(C)(C)C)ss1. The summed E-state index contributed by atoms with van der Waals surface area (Å²) in [4.78, 5) is 12.3. The maximum atomic E-state index is 4.75. The second kappa shape index (κ2) is 6.56. The first kappa shape index (κ1) is 17.6. The molecule has 1 aromatic heterocycles. The van der Waals surface area contributed by atoms with Gasteiger partial charge in [-0.2, -0.15) is 4.98 Å². The van der Waals surface area contributed by atoms with E-state index in [1.807, 2.05) is 19.0 Å². The fraction of sp³-hybridized carbons (Fsp3) is 0.867. The van der Waals surface area contributed by atoms with E-state index >= 15 is 0 Å². The summed E-state index contributed by atoms with van der Waals surface area (Å²) in [5, 5.41) is 1.04. The van der Waals surface area contributed by atoms with E-state index in [-0.39, 0.29) is 5.41 Å². The van der Waals surface area contributed by atoms with Gasteiger partial charge in [0, 0.05) is 20.6 Å². The third-order valence-electron chi connectivity index (χ3n) is 3.30. The molecule has 0 aliphatic rings. The molecule has 0 spiro atoms. The molecule has 5 heteroatoms. The maximum Gasteiger partial charge on any atom is 0.217 e. The van der Waals surface area contributed by atoms with Crippen molar-refractivity contribution in [2.75, 3.05) is 25.5 Å². The van der Waals surface area contributed by atoms with E-state index in [4.69, 9.17) is 4.99 Å². The standard InChI is InChI=1S/C15H29N3S2/c1-14(2,3)9-11(15(4,5)6)10-16-12-17-13(18(7)8)20-19-12/h11H,9-10H2,1-8H3. The number of nitrogens with zero attached hydrogens (tertiary/aromatic N) is 3. The Balaban J connectivity index is 2.85. The molecule has 0 aliphatic heterocycles. The molecule has 116 valence electrons. The third-order valence-corrected chi connectivity index (χ3v) is 5.50. The average Bonchev–Trinajstić information content (AvgIpc) is 2.69. The van der Waals surface area contributed by atoms with E-state index in [1.165, 1.54) is 6.42 Å². The lowest BCUT2D eigenvalue weighted by atomic mass is 9.72. The predicted octanol–water partition coefficient (Wildman–Crippen LogP) is 4.27. The highest BCUT2D eigenvalue weighted by molar-refractivity contribution is 7.69. The highest BCUT2D eigenvalue weighted by atomic mass is 32.9. The molecule has 1 heterocycles. The molecule has 20 heavy (non-hydrogen) atoms. The summed E-state index contributed by atoms with van der Waals surface area (Å²) in [5.74, 6) is 0.583. The van der Waals surface area contributed by atoms with Crippen LogP contribution in [-0.4, -0.2) is 25.6 Å². The second-order valence-corrected chi connectivity index (χ2v) is 9.97.